The van der Waals surface area contributed by atoms with E-state index in [1.807, 2.05) is 6.07 Å². The highest BCUT2D eigenvalue weighted by Gasteiger charge is 2.36. The first-order valence-electron chi connectivity index (χ1n) is 8.98. The second kappa shape index (κ2) is 7.55. The number of rotatable bonds is 4. The normalized spacial score (nSPS) is 11.5. The van der Waals surface area contributed by atoms with E-state index in [0.717, 1.165) is 12.1 Å². The summed E-state index contributed by atoms with van der Waals surface area (Å²) in [6.45, 7) is 0. The van der Waals surface area contributed by atoms with Crippen molar-refractivity contribution in [2.75, 3.05) is 12.4 Å². The summed E-state index contributed by atoms with van der Waals surface area (Å²) in [4.78, 5) is 17.0. The summed E-state index contributed by atoms with van der Waals surface area (Å²) in [5.74, 6) is 0.0366. The fourth-order valence-electron chi connectivity index (χ4n) is 3.22. The van der Waals surface area contributed by atoms with Gasteiger partial charge in [0.1, 0.15) is 5.82 Å². The molecular formula is C22H16F3N3O2. The van der Waals surface area contributed by atoms with E-state index in [1.54, 1.807) is 54.6 Å². The van der Waals surface area contributed by atoms with E-state index >= 15 is 0 Å². The highest BCUT2D eigenvalue weighted by atomic mass is 19.4. The number of benzene rings is 2. The van der Waals surface area contributed by atoms with Crippen LogP contribution in [0, 0.1) is 0 Å². The third kappa shape index (κ3) is 3.59. The molecule has 1 N–H and O–H groups in total. The van der Waals surface area contributed by atoms with Crippen molar-refractivity contribution in [3.05, 3.63) is 88.6 Å². The van der Waals surface area contributed by atoms with Crippen LogP contribution in [-0.4, -0.2) is 16.7 Å². The van der Waals surface area contributed by atoms with Crippen LogP contribution in [0.25, 0.3) is 16.7 Å². The third-order valence-electron chi connectivity index (χ3n) is 4.52. The van der Waals surface area contributed by atoms with Gasteiger partial charge in [0, 0.05) is 23.5 Å². The fraction of sp³-hybridized carbons (Fsp3) is 0.0909. The molecule has 0 amide bonds. The molecule has 2 aromatic carbocycles. The molecule has 5 nitrogen and oxygen atoms in total. The van der Waals surface area contributed by atoms with Crippen LogP contribution in [0.4, 0.5) is 24.7 Å². The van der Waals surface area contributed by atoms with Crippen LogP contribution in [0.15, 0.2) is 77.6 Å². The van der Waals surface area contributed by atoms with Crippen LogP contribution >= 0.6 is 0 Å². The molecule has 0 aliphatic rings. The maximum absolute atomic E-state index is 13.7. The zero-order valence-electron chi connectivity index (χ0n) is 15.8. The van der Waals surface area contributed by atoms with Crippen molar-refractivity contribution in [3.8, 4) is 11.6 Å². The maximum Gasteiger partial charge on any atom is 0.417 e. The average molecular weight is 411 g/mol. The number of nitrogens with zero attached hydrogens (tertiary/aromatic N) is 2. The zero-order chi connectivity index (χ0) is 21.3. The Hall–Kier alpha value is -3.81. The van der Waals surface area contributed by atoms with Gasteiger partial charge in [0.2, 0.25) is 5.88 Å². The Balaban J connectivity index is 2.11. The van der Waals surface area contributed by atoms with E-state index in [1.165, 1.54) is 11.7 Å². The van der Waals surface area contributed by atoms with Gasteiger partial charge in [0.15, 0.2) is 11.1 Å². The summed E-state index contributed by atoms with van der Waals surface area (Å²) in [6.07, 6.45) is -4.75. The summed E-state index contributed by atoms with van der Waals surface area (Å²) >= 11 is 0. The van der Waals surface area contributed by atoms with Gasteiger partial charge in [-0.3, -0.25) is 9.36 Å². The number of methoxy groups -OCH3 is 1. The van der Waals surface area contributed by atoms with E-state index in [2.05, 4.69) is 10.3 Å². The highest BCUT2D eigenvalue weighted by molar-refractivity contribution is 5.85. The van der Waals surface area contributed by atoms with Crippen LogP contribution in [0.2, 0.25) is 0 Å². The quantitative estimate of drug-likeness (QED) is 0.504. The number of anilines is 2. The average Bonchev–Trinajstić information content (AvgIpc) is 2.73. The molecule has 0 atom stereocenters. The fourth-order valence-corrected chi connectivity index (χ4v) is 3.22. The minimum absolute atomic E-state index is 0.154. The first-order chi connectivity index (χ1) is 14.4. The standard InChI is InChI=1S/C22H16F3N3O2/c1-30-19-12-16(22(23,24)25)20-17(29)13-18(26-14-8-4-2-5-9-14)28(21(20)27-19)15-10-6-3-7-11-15/h2-13,26H,1H3. The number of alkyl halides is 3. The molecule has 0 saturated heterocycles. The van der Waals surface area contributed by atoms with Crippen LogP contribution in [0.1, 0.15) is 5.56 Å². The van der Waals surface area contributed by atoms with Gasteiger partial charge in [-0.1, -0.05) is 36.4 Å². The van der Waals surface area contributed by atoms with Crippen molar-refractivity contribution in [1.82, 2.24) is 9.55 Å². The lowest BCUT2D eigenvalue weighted by Gasteiger charge is -2.20. The van der Waals surface area contributed by atoms with Crippen molar-refractivity contribution in [2.45, 2.75) is 6.18 Å². The van der Waals surface area contributed by atoms with Crippen LogP contribution in [0.5, 0.6) is 5.88 Å². The number of fused-ring (bicyclic) bond motifs is 1. The van der Waals surface area contributed by atoms with Gasteiger partial charge in [-0.05, 0) is 24.3 Å². The van der Waals surface area contributed by atoms with E-state index in [0.29, 0.717) is 11.4 Å². The Morgan fingerprint density at radius 3 is 2.20 bits per heavy atom. The molecule has 0 aliphatic heterocycles. The Morgan fingerprint density at radius 1 is 0.967 bits per heavy atom. The van der Waals surface area contributed by atoms with Crippen LogP contribution in [-0.2, 0) is 6.18 Å². The molecule has 0 unspecified atom stereocenters. The Bertz CT molecular complexity index is 1250. The first-order valence-corrected chi connectivity index (χ1v) is 8.98. The number of hydrogen-bond acceptors (Lipinski definition) is 4. The molecule has 2 heterocycles. The molecule has 0 bridgehead atoms. The summed E-state index contributed by atoms with van der Waals surface area (Å²) in [6, 6.07) is 19.6. The molecule has 0 radical (unpaired) electrons. The Labute approximate surface area is 169 Å². The molecule has 4 rings (SSSR count). The SMILES string of the molecule is COc1cc(C(F)(F)F)c2c(=O)cc(Nc3ccccc3)n(-c3ccccc3)c2n1. The lowest BCUT2D eigenvalue weighted by Crippen LogP contribution is -2.18. The summed E-state index contributed by atoms with van der Waals surface area (Å²) in [5.41, 5.74) is -0.836. The number of para-hydroxylation sites is 2. The second-order valence-corrected chi connectivity index (χ2v) is 6.46. The van der Waals surface area contributed by atoms with Crippen molar-refractivity contribution in [1.29, 1.82) is 0 Å². The number of pyridine rings is 2. The van der Waals surface area contributed by atoms with Crippen molar-refractivity contribution >= 4 is 22.5 Å². The predicted octanol–water partition coefficient (Wildman–Crippen LogP) is 5.16. The molecule has 8 heteroatoms. The second-order valence-electron chi connectivity index (χ2n) is 6.46. The summed E-state index contributed by atoms with van der Waals surface area (Å²) < 4.78 is 47.7. The lowest BCUT2D eigenvalue weighted by atomic mass is 10.1. The van der Waals surface area contributed by atoms with Crippen molar-refractivity contribution < 1.29 is 17.9 Å². The number of halogens is 3. The molecule has 0 aliphatic carbocycles. The topological polar surface area (TPSA) is 56.1 Å². The van der Waals surface area contributed by atoms with Crippen molar-refractivity contribution in [2.24, 2.45) is 0 Å². The predicted molar refractivity (Wildman–Crippen MR) is 109 cm³/mol. The molecule has 0 fully saturated rings. The maximum atomic E-state index is 13.7. The Kier molecular flexibility index (Phi) is 4.91. The monoisotopic (exact) mass is 411 g/mol. The van der Waals surface area contributed by atoms with Gasteiger partial charge in [-0.25, -0.2) is 0 Å². The molecule has 2 aromatic heterocycles. The molecule has 152 valence electrons. The molecular weight excluding hydrogens is 395 g/mol. The van der Waals surface area contributed by atoms with Gasteiger partial charge in [-0.2, -0.15) is 18.2 Å². The minimum atomic E-state index is -4.75. The number of hydrogen-bond donors (Lipinski definition) is 1. The zero-order valence-corrected chi connectivity index (χ0v) is 15.8. The van der Waals surface area contributed by atoms with Crippen LogP contribution < -0.4 is 15.5 Å². The van der Waals surface area contributed by atoms with Gasteiger partial charge >= 0.3 is 6.18 Å². The first kappa shape index (κ1) is 19.5. The van der Waals surface area contributed by atoms with Crippen molar-refractivity contribution in [3.63, 3.8) is 0 Å². The minimum Gasteiger partial charge on any atom is -0.481 e. The largest absolute Gasteiger partial charge is 0.481 e. The van der Waals surface area contributed by atoms with Gasteiger partial charge in [0.05, 0.1) is 18.1 Å². The van der Waals surface area contributed by atoms with Gasteiger partial charge < -0.3 is 10.1 Å². The summed E-state index contributed by atoms with van der Waals surface area (Å²) in [7, 11) is 1.23. The van der Waals surface area contributed by atoms with Crippen LogP contribution in [0.3, 0.4) is 0 Å². The molecule has 0 saturated carbocycles. The van der Waals surface area contributed by atoms with E-state index in [9.17, 15) is 18.0 Å². The third-order valence-corrected chi connectivity index (χ3v) is 4.52. The van der Waals surface area contributed by atoms with Gasteiger partial charge in [0.25, 0.3) is 0 Å². The van der Waals surface area contributed by atoms with Gasteiger partial charge in [-0.15, -0.1) is 0 Å². The number of nitrogens with one attached hydrogen (secondary N) is 1. The van der Waals surface area contributed by atoms with E-state index < -0.39 is 22.6 Å². The molecule has 4 aromatic rings. The lowest BCUT2D eigenvalue weighted by molar-refractivity contribution is -0.136. The van der Waals surface area contributed by atoms with E-state index in [4.69, 9.17) is 4.74 Å². The van der Waals surface area contributed by atoms with E-state index in [-0.39, 0.29) is 17.3 Å². The smallest absolute Gasteiger partial charge is 0.417 e. The summed E-state index contributed by atoms with van der Waals surface area (Å²) in [5, 5.41) is 2.58. The number of aromatic nitrogens is 2. The highest BCUT2D eigenvalue weighted by Crippen LogP contribution is 2.36. The Morgan fingerprint density at radius 2 is 1.60 bits per heavy atom. The molecule has 0 spiro atoms. The number of ether oxygens (including phenoxy) is 1. The molecule has 30 heavy (non-hydrogen) atoms.